The van der Waals surface area contributed by atoms with E-state index < -0.39 is 86.7 Å². The standard InChI is InChI=1S/C47H84O14/c1-3-5-7-9-11-13-14-15-16-17-18-19-20-21-22-23-24-26-28-30-39(49)59-36(33-56-31-29-27-25-12-10-8-6-4-2)34-57-46-45(55)43(53)41(51)38(61-46)35-58-47-44(54)42(52)40(50)37(32-48)60-47/h11,13,15-16,18-19,36-38,40-48,50-55H,3-10,12,14,17,20-35H2,1-2H3/b13-11-,16-15-,19-18-. The molecule has 14 heteroatoms. The maximum atomic E-state index is 12.9. The molecule has 14 nitrogen and oxygen atoms in total. The maximum absolute atomic E-state index is 12.9. The van der Waals surface area contributed by atoms with Gasteiger partial charge in [-0.3, -0.25) is 4.79 Å². The summed E-state index contributed by atoms with van der Waals surface area (Å²) < 4.78 is 34.1. The minimum Gasteiger partial charge on any atom is -0.457 e. The van der Waals surface area contributed by atoms with Gasteiger partial charge in [0.25, 0.3) is 0 Å². The van der Waals surface area contributed by atoms with Gasteiger partial charge in [0, 0.05) is 13.0 Å². The number of carbonyl (C=O) groups excluding carboxylic acids is 1. The van der Waals surface area contributed by atoms with E-state index in [1.807, 2.05) is 0 Å². The number of esters is 1. The molecule has 356 valence electrons. The van der Waals surface area contributed by atoms with Gasteiger partial charge in [-0.2, -0.15) is 0 Å². The van der Waals surface area contributed by atoms with Crippen molar-refractivity contribution in [3.05, 3.63) is 36.5 Å². The highest BCUT2D eigenvalue weighted by Gasteiger charge is 2.47. The van der Waals surface area contributed by atoms with Gasteiger partial charge in [0.15, 0.2) is 12.6 Å². The van der Waals surface area contributed by atoms with Crippen molar-refractivity contribution in [1.29, 1.82) is 0 Å². The predicted molar refractivity (Wildman–Crippen MR) is 233 cm³/mol. The van der Waals surface area contributed by atoms with Gasteiger partial charge in [-0.25, -0.2) is 0 Å². The monoisotopic (exact) mass is 873 g/mol. The summed E-state index contributed by atoms with van der Waals surface area (Å²) in [6.07, 6.45) is 20.8. The summed E-state index contributed by atoms with van der Waals surface area (Å²) in [7, 11) is 0. The molecule has 0 radical (unpaired) electrons. The Kier molecular flexibility index (Phi) is 32.2. The Labute approximate surface area is 366 Å². The van der Waals surface area contributed by atoms with Crippen LogP contribution in [0, 0.1) is 0 Å². The number of allylic oxidation sites excluding steroid dienone is 6. The molecule has 2 rings (SSSR count). The molecule has 2 aliphatic heterocycles. The third kappa shape index (κ3) is 24.2. The molecule has 61 heavy (non-hydrogen) atoms. The molecule has 0 spiro atoms. The van der Waals surface area contributed by atoms with Crippen LogP contribution in [0.15, 0.2) is 36.5 Å². The maximum Gasteiger partial charge on any atom is 0.306 e. The number of carbonyl (C=O) groups is 1. The van der Waals surface area contributed by atoms with Crippen molar-refractivity contribution in [3.63, 3.8) is 0 Å². The Balaban J connectivity index is 1.77. The smallest absolute Gasteiger partial charge is 0.306 e. The lowest BCUT2D eigenvalue weighted by molar-refractivity contribution is -0.332. The molecular weight excluding hydrogens is 789 g/mol. The summed E-state index contributed by atoms with van der Waals surface area (Å²) in [5.74, 6) is -0.391. The van der Waals surface area contributed by atoms with Gasteiger partial charge in [0.1, 0.15) is 54.9 Å². The lowest BCUT2D eigenvalue weighted by Gasteiger charge is -2.42. The largest absolute Gasteiger partial charge is 0.457 e. The quantitative estimate of drug-likeness (QED) is 0.0224. The van der Waals surface area contributed by atoms with Crippen LogP contribution < -0.4 is 0 Å². The van der Waals surface area contributed by atoms with Crippen LogP contribution >= 0.6 is 0 Å². The second-order valence-corrected chi connectivity index (χ2v) is 16.6. The molecule has 11 atom stereocenters. The van der Waals surface area contributed by atoms with E-state index in [2.05, 4.69) is 50.3 Å². The van der Waals surface area contributed by atoms with E-state index in [1.54, 1.807) is 0 Å². The zero-order chi connectivity index (χ0) is 44.5. The highest BCUT2D eigenvalue weighted by Crippen LogP contribution is 2.26. The van der Waals surface area contributed by atoms with Crippen molar-refractivity contribution in [1.82, 2.24) is 0 Å². The Bertz CT molecular complexity index is 1150. The summed E-state index contributed by atoms with van der Waals surface area (Å²) in [6.45, 7) is 3.60. The van der Waals surface area contributed by atoms with Crippen molar-refractivity contribution in [2.24, 2.45) is 0 Å². The van der Waals surface area contributed by atoms with E-state index in [0.29, 0.717) is 13.0 Å². The third-order valence-electron chi connectivity index (χ3n) is 11.2. The zero-order valence-corrected chi connectivity index (χ0v) is 37.4. The number of unbranched alkanes of at least 4 members (excludes halogenated alkanes) is 16. The number of aliphatic hydroxyl groups is 7. The van der Waals surface area contributed by atoms with Crippen LogP contribution in [0.4, 0.5) is 0 Å². The minimum atomic E-state index is -1.71. The molecule has 0 aromatic heterocycles. The normalized spacial score (nSPS) is 27.8. The Morgan fingerprint density at radius 2 is 1.02 bits per heavy atom. The van der Waals surface area contributed by atoms with Crippen LogP contribution in [-0.4, -0.2) is 142 Å². The van der Waals surface area contributed by atoms with Gasteiger partial charge in [0.05, 0.1) is 26.4 Å². The number of ether oxygens (including phenoxy) is 6. The summed E-state index contributed by atoms with van der Waals surface area (Å²) in [5.41, 5.74) is 0. The Morgan fingerprint density at radius 1 is 0.541 bits per heavy atom. The van der Waals surface area contributed by atoms with Gasteiger partial charge in [-0.05, 0) is 51.4 Å². The van der Waals surface area contributed by atoms with E-state index in [0.717, 1.165) is 70.6 Å². The average molecular weight is 873 g/mol. The Morgan fingerprint density at radius 3 is 1.62 bits per heavy atom. The van der Waals surface area contributed by atoms with E-state index in [4.69, 9.17) is 28.4 Å². The first-order valence-corrected chi connectivity index (χ1v) is 23.6. The number of aliphatic hydroxyl groups excluding tert-OH is 7. The van der Waals surface area contributed by atoms with Gasteiger partial charge in [-0.1, -0.05) is 134 Å². The zero-order valence-electron chi connectivity index (χ0n) is 37.4. The van der Waals surface area contributed by atoms with Crippen molar-refractivity contribution in [3.8, 4) is 0 Å². The fourth-order valence-electron chi connectivity index (χ4n) is 7.23. The summed E-state index contributed by atoms with van der Waals surface area (Å²) in [6, 6.07) is 0. The Hall–Kier alpha value is -1.79. The van der Waals surface area contributed by atoms with E-state index in [1.165, 1.54) is 57.8 Å². The summed E-state index contributed by atoms with van der Waals surface area (Å²) in [4.78, 5) is 12.9. The molecular formula is C47H84O14. The van der Waals surface area contributed by atoms with Crippen molar-refractivity contribution < 1.29 is 69.0 Å². The van der Waals surface area contributed by atoms with Crippen LogP contribution in [0.1, 0.15) is 155 Å². The van der Waals surface area contributed by atoms with Gasteiger partial charge >= 0.3 is 5.97 Å². The van der Waals surface area contributed by atoms with E-state index >= 15 is 0 Å². The predicted octanol–water partition coefficient (Wildman–Crippen LogP) is 5.85. The van der Waals surface area contributed by atoms with Crippen LogP contribution in [0.25, 0.3) is 0 Å². The molecule has 0 aliphatic carbocycles. The summed E-state index contributed by atoms with van der Waals surface area (Å²) in [5, 5.41) is 71.8. The second-order valence-electron chi connectivity index (χ2n) is 16.6. The lowest BCUT2D eigenvalue weighted by Crippen LogP contribution is -2.61. The van der Waals surface area contributed by atoms with Crippen LogP contribution in [0.5, 0.6) is 0 Å². The van der Waals surface area contributed by atoms with Gasteiger partial charge in [0.2, 0.25) is 0 Å². The average Bonchev–Trinajstić information content (AvgIpc) is 3.25. The van der Waals surface area contributed by atoms with Crippen molar-refractivity contribution in [2.75, 3.05) is 33.0 Å². The fourth-order valence-corrected chi connectivity index (χ4v) is 7.23. The number of hydrogen-bond acceptors (Lipinski definition) is 14. The van der Waals surface area contributed by atoms with E-state index in [-0.39, 0.29) is 19.6 Å². The van der Waals surface area contributed by atoms with Crippen LogP contribution in [0.2, 0.25) is 0 Å². The lowest BCUT2D eigenvalue weighted by atomic mass is 9.98. The highest BCUT2D eigenvalue weighted by atomic mass is 16.7. The van der Waals surface area contributed by atoms with Gasteiger partial charge < -0.3 is 64.2 Å². The molecule has 0 bridgehead atoms. The second kappa shape index (κ2) is 35.5. The first-order chi connectivity index (χ1) is 29.6. The SMILES string of the molecule is CCCCC/C=C\C/C=C\C/C=C\CCCCCCCCC(=O)OC(COCCCCCCCCCC)COC1OC(COC2OC(CO)C(O)C(O)C2O)C(O)C(O)C1O. The van der Waals surface area contributed by atoms with Crippen molar-refractivity contribution in [2.45, 2.75) is 223 Å². The molecule has 2 saturated heterocycles. The molecule has 0 aromatic rings. The molecule has 7 N–H and O–H groups in total. The third-order valence-corrected chi connectivity index (χ3v) is 11.2. The molecule has 2 heterocycles. The molecule has 0 saturated carbocycles. The van der Waals surface area contributed by atoms with Crippen LogP contribution in [0.3, 0.4) is 0 Å². The van der Waals surface area contributed by atoms with Crippen LogP contribution in [-0.2, 0) is 33.2 Å². The first kappa shape index (κ1) is 55.3. The minimum absolute atomic E-state index is 0.0567. The summed E-state index contributed by atoms with van der Waals surface area (Å²) >= 11 is 0. The molecule has 11 unspecified atom stereocenters. The first-order valence-electron chi connectivity index (χ1n) is 23.6. The fraction of sp³-hybridized carbons (Fsp3) is 0.851. The topological polar surface area (TPSA) is 214 Å². The molecule has 0 amide bonds. The number of hydrogen-bond donors (Lipinski definition) is 7. The molecule has 2 aliphatic rings. The molecule has 0 aromatic carbocycles. The molecule has 2 fully saturated rings. The number of rotatable bonds is 36. The highest BCUT2D eigenvalue weighted by molar-refractivity contribution is 5.69. The van der Waals surface area contributed by atoms with E-state index in [9.17, 15) is 40.5 Å². The van der Waals surface area contributed by atoms with Crippen molar-refractivity contribution >= 4 is 5.97 Å². The van der Waals surface area contributed by atoms with Gasteiger partial charge in [-0.15, -0.1) is 0 Å².